The number of benzene rings is 2. The molecular weight excluding hydrogens is 428 g/mol. The van der Waals surface area contributed by atoms with Gasteiger partial charge in [-0.25, -0.2) is 4.79 Å². The van der Waals surface area contributed by atoms with Gasteiger partial charge in [0.2, 0.25) is 0 Å². The molecule has 0 aliphatic carbocycles. The number of hydrogen-bond acceptors (Lipinski definition) is 4. The number of nitrogens with one attached hydrogen (secondary N) is 1. The van der Waals surface area contributed by atoms with Gasteiger partial charge in [-0.05, 0) is 43.0 Å². The Morgan fingerprint density at radius 1 is 1.06 bits per heavy atom. The van der Waals surface area contributed by atoms with Crippen molar-refractivity contribution < 1.29 is 14.3 Å². The second-order valence-electron chi connectivity index (χ2n) is 8.67. The second-order valence-corrected chi connectivity index (χ2v) is 8.67. The molecule has 1 N–H and O–H groups in total. The van der Waals surface area contributed by atoms with Crippen LogP contribution >= 0.6 is 0 Å². The van der Waals surface area contributed by atoms with Crippen molar-refractivity contribution >= 4 is 16.9 Å². The molecule has 176 valence electrons. The van der Waals surface area contributed by atoms with Gasteiger partial charge in [0.25, 0.3) is 0 Å². The maximum atomic E-state index is 12.7. The number of fused-ring (bicyclic) bond motifs is 1. The third-order valence-corrected chi connectivity index (χ3v) is 5.76. The fourth-order valence-electron chi connectivity index (χ4n) is 3.96. The van der Waals surface area contributed by atoms with Gasteiger partial charge in [-0.1, -0.05) is 50.2 Å². The van der Waals surface area contributed by atoms with Crippen molar-refractivity contribution in [3.8, 4) is 17.1 Å². The van der Waals surface area contributed by atoms with Crippen LogP contribution in [0.15, 0.2) is 71.7 Å². The summed E-state index contributed by atoms with van der Waals surface area (Å²) in [5.41, 5.74) is 3.29. The molecule has 34 heavy (non-hydrogen) atoms. The van der Waals surface area contributed by atoms with Crippen molar-refractivity contribution in [1.29, 1.82) is 0 Å². The van der Waals surface area contributed by atoms with Crippen molar-refractivity contribution in [3.05, 3.63) is 88.2 Å². The predicted octanol–water partition coefficient (Wildman–Crippen LogP) is 5.80. The van der Waals surface area contributed by atoms with Crippen LogP contribution in [0.3, 0.4) is 0 Å². The van der Waals surface area contributed by atoms with Gasteiger partial charge in [-0.15, -0.1) is 0 Å². The number of esters is 1. The lowest BCUT2D eigenvalue weighted by Gasteiger charge is -2.13. The number of ether oxygens (including phenoxy) is 2. The maximum Gasteiger partial charge on any atom is 0.343 e. The van der Waals surface area contributed by atoms with Crippen LogP contribution in [0.2, 0.25) is 0 Å². The van der Waals surface area contributed by atoms with Crippen LogP contribution in [-0.2, 0) is 17.9 Å². The van der Waals surface area contributed by atoms with E-state index >= 15 is 0 Å². The van der Waals surface area contributed by atoms with Crippen LogP contribution in [-0.4, -0.2) is 22.1 Å². The van der Waals surface area contributed by atoms with Gasteiger partial charge >= 0.3 is 5.97 Å². The van der Waals surface area contributed by atoms with Gasteiger partial charge in [0.05, 0.1) is 23.5 Å². The van der Waals surface area contributed by atoms with Gasteiger partial charge in [0.15, 0.2) is 5.43 Å². The smallest absolute Gasteiger partial charge is 0.343 e. The van der Waals surface area contributed by atoms with E-state index in [0.717, 1.165) is 40.9 Å². The van der Waals surface area contributed by atoms with E-state index in [1.165, 1.54) is 12.3 Å². The lowest BCUT2D eigenvalue weighted by atomic mass is 10.1. The van der Waals surface area contributed by atoms with Gasteiger partial charge < -0.3 is 19.0 Å². The van der Waals surface area contributed by atoms with Crippen LogP contribution in [0.25, 0.3) is 22.3 Å². The SMILES string of the molecule is CCOC(=O)c1c[nH]c(-c2cc3c(OCc4ccccc4)cccc3n2CCC(C)C)cc1=O. The number of H-pyrrole nitrogens is 1. The van der Waals surface area contributed by atoms with Gasteiger partial charge in [-0.2, -0.15) is 0 Å². The summed E-state index contributed by atoms with van der Waals surface area (Å²) >= 11 is 0. The zero-order valence-electron chi connectivity index (χ0n) is 19.8. The predicted molar refractivity (Wildman–Crippen MR) is 134 cm³/mol. The Labute approximate surface area is 199 Å². The summed E-state index contributed by atoms with van der Waals surface area (Å²) < 4.78 is 13.4. The molecule has 0 radical (unpaired) electrons. The van der Waals surface area contributed by atoms with Crippen molar-refractivity contribution in [1.82, 2.24) is 9.55 Å². The number of hydrogen-bond donors (Lipinski definition) is 1. The quantitative estimate of drug-likeness (QED) is 0.322. The molecular formula is C28H30N2O4. The number of aromatic nitrogens is 2. The molecule has 0 spiro atoms. The van der Waals surface area contributed by atoms with Crippen LogP contribution in [0, 0.1) is 5.92 Å². The highest BCUT2D eigenvalue weighted by atomic mass is 16.5. The summed E-state index contributed by atoms with van der Waals surface area (Å²) in [5, 5.41) is 0.979. The minimum absolute atomic E-state index is 0.00215. The number of pyridine rings is 1. The number of rotatable bonds is 9. The minimum Gasteiger partial charge on any atom is -0.488 e. The molecule has 0 bridgehead atoms. The van der Waals surface area contributed by atoms with E-state index in [2.05, 4.69) is 29.5 Å². The molecule has 2 aromatic carbocycles. The number of carbonyl (C=O) groups excluding carboxylic acids is 1. The molecule has 2 aromatic heterocycles. The number of aryl methyl sites for hydroxylation is 1. The molecule has 0 saturated carbocycles. The Morgan fingerprint density at radius 3 is 2.56 bits per heavy atom. The summed E-state index contributed by atoms with van der Waals surface area (Å²) in [7, 11) is 0. The zero-order chi connectivity index (χ0) is 24.1. The van der Waals surface area contributed by atoms with Crippen LogP contribution in [0.5, 0.6) is 5.75 Å². The van der Waals surface area contributed by atoms with Crippen molar-refractivity contribution in [2.45, 2.75) is 40.3 Å². The lowest BCUT2D eigenvalue weighted by molar-refractivity contribution is 0.0524. The third kappa shape index (κ3) is 5.06. The van der Waals surface area contributed by atoms with E-state index in [1.807, 2.05) is 48.5 Å². The normalized spacial score (nSPS) is 11.2. The molecule has 0 fully saturated rings. The van der Waals surface area contributed by atoms with Crippen molar-refractivity contribution in [2.24, 2.45) is 5.92 Å². The first-order valence-corrected chi connectivity index (χ1v) is 11.7. The number of aromatic amines is 1. The van der Waals surface area contributed by atoms with E-state index in [9.17, 15) is 9.59 Å². The first-order valence-electron chi connectivity index (χ1n) is 11.7. The van der Waals surface area contributed by atoms with E-state index in [4.69, 9.17) is 9.47 Å². The highest BCUT2D eigenvalue weighted by Crippen LogP contribution is 2.34. The molecule has 4 rings (SSSR count). The molecule has 0 amide bonds. The first-order chi connectivity index (χ1) is 16.5. The Hall–Kier alpha value is -3.80. The maximum absolute atomic E-state index is 12.7. The fourth-order valence-corrected chi connectivity index (χ4v) is 3.96. The zero-order valence-corrected chi connectivity index (χ0v) is 19.8. The second kappa shape index (κ2) is 10.4. The molecule has 0 atom stereocenters. The van der Waals surface area contributed by atoms with Crippen LogP contribution < -0.4 is 10.2 Å². The Balaban J connectivity index is 1.76. The number of carbonyl (C=O) groups is 1. The third-order valence-electron chi connectivity index (χ3n) is 5.76. The molecule has 0 saturated heterocycles. The van der Waals surface area contributed by atoms with E-state index in [-0.39, 0.29) is 17.6 Å². The van der Waals surface area contributed by atoms with Gasteiger partial charge in [-0.3, -0.25) is 4.79 Å². The van der Waals surface area contributed by atoms with Crippen LogP contribution in [0.1, 0.15) is 43.1 Å². The Morgan fingerprint density at radius 2 is 1.85 bits per heavy atom. The summed E-state index contributed by atoms with van der Waals surface area (Å²) in [4.78, 5) is 27.9. The molecule has 6 heteroatoms. The Kier molecular flexibility index (Phi) is 7.16. The van der Waals surface area contributed by atoms with E-state index < -0.39 is 5.97 Å². The molecule has 0 aliphatic heterocycles. The summed E-state index contributed by atoms with van der Waals surface area (Å²) in [6.07, 6.45) is 2.42. The molecule has 0 aliphatic rings. The van der Waals surface area contributed by atoms with Gasteiger partial charge in [0, 0.05) is 24.2 Å². The van der Waals surface area contributed by atoms with Gasteiger partial charge in [0.1, 0.15) is 17.9 Å². The van der Waals surface area contributed by atoms with Crippen LogP contribution in [0.4, 0.5) is 0 Å². The average Bonchev–Trinajstić information content (AvgIpc) is 3.21. The van der Waals surface area contributed by atoms with Crippen molar-refractivity contribution in [3.63, 3.8) is 0 Å². The first kappa shape index (κ1) is 23.4. The lowest BCUT2D eigenvalue weighted by Crippen LogP contribution is -2.17. The van der Waals surface area contributed by atoms with Crippen molar-refractivity contribution in [2.75, 3.05) is 6.61 Å². The molecule has 0 unspecified atom stereocenters. The summed E-state index contributed by atoms with van der Waals surface area (Å²) in [6.45, 7) is 7.57. The number of nitrogens with zero attached hydrogens (tertiary/aromatic N) is 1. The molecule has 2 heterocycles. The molecule has 6 nitrogen and oxygen atoms in total. The minimum atomic E-state index is -0.618. The molecule has 4 aromatic rings. The largest absolute Gasteiger partial charge is 0.488 e. The fraction of sp³-hybridized carbons (Fsp3) is 0.286. The summed E-state index contributed by atoms with van der Waals surface area (Å²) in [5.74, 6) is 0.691. The topological polar surface area (TPSA) is 73.3 Å². The summed E-state index contributed by atoms with van der Waals surface area (Å²) in [6, 6.07) is 19.6. The standard InChI is InChI=1S/C28H30N2O4/c1-4-33-28(32)22-17-29-23(16-26(22)31)25-15-21-24(30(25)14-13-19(2)3)11-8-12-27(21)34-18-20-9-6-5-7-10-20/h5-12,15-17,19H,4,13-14,18H2,1-3H3,(H,29,31). The Bertz CT molecular complexity index is 1340. The van der Waals surface area contributed by atoms with E-state index in [0.29, 0.717) is 18.2 Å². The average molecular weight is 459 g/mol. The highest BCUT2D eigenvalue weighted by Gasteiger charge is 2.18. The monoisotopic (exact) mass is 458 g/mol. The van der Waals surface area contributed by atoms with E-state index in [1.54, 1.807) is 6.92 Å². The highest BCUT2D eigenvalue weighted by molar-refractivity contribution is 5.92.